The highest BCUT2D eigenvalue weighted by Gasteiger charge is 2.11. The molecule has 21 heavy (non-hydrogen) atoms. The minimum atomic E-state index is -0.619. The number of aliphatic hydroxyl groups excluding tert-OH is 1. The van der Waals surface area contributed by atoms with Gasteiger partial charge in [0.05, 0.1) is 13.2 Å². The van der Waals surface area contributed by atoms with Crippen LogP contribution in [0.2, 0.25) is 5.02 Å². The van der Waals surface area contributed by atoms with Gasteiger partial charge >= 0.3 is 0 Å². The van der Waals surface area contributed by atoms with Gasteiger partial charge in [-0.1, -0.05) is 33.6 Å². The van der Waals surface area contributed by atoms with Crippen molar-refractivity contribution in [3.8, 4) is 11.5 Å². The molecule has 0 fully saturated rings. The van der Waals surface area contributed by atoms with Crippen LogP contribution in [-0.2, 0) is 6.61 Å². The summed E-state index contributed by atoms with van der Waals surface area (Å²) in [6.45, 7) is 2.01. The highest BCUT2D eigenvalue weighted by molar-refractivity contribution is 9.10. The zero-order valence-corrected chi connectivity index (χ0v) is 14.1. The molecule has 2 aromatic carbocycles. The van der Waals surface area contributed by atoms with Crippen LogP contribution < -0.4 is 9.47 Å². The van der Waals surface area contributed by atoms with Crippen molar-refractivity contribution in [2.24, 2.45) is 0 Å². The molecule has 0 aromatic heterocycles. The van der Waals surface area contributed by atoms with Crippen LogP contribution in [-0.4, -0.2) is 12.2 Å². The number of ether oxygens (including phenoxy) is 2. The third kappa shape index (κ3) is 4.13. The molecule has 0 aliphatic heterocycles. The Hall–Kier alpha value is -1.23. The molecule has 0 aliphatic rings. The number of hydrogen-bond donors (Lipinski definition) is 1. The number of aliphatic hydroxyl groups is 1. The fourth-order valence-electron chi connectivity index (χ4n) is 1.91. The molecule has 1 N–H and O–H groups in total. The van der Waals surface area contributed by atoms with E-state index < -0.39 is 6.10 Å². The summed E-state index contributed by atoms with van der Waals surface area (Å²) >= 11 is 9.54. The van der Waals surface area contributed by atoms with E-state index in [0.29, 0.717) is 28.7 Å². The van der Waals surface area contributed by atoms with Gasteiger partial charge in [0.15, 0.2) is 0 Å². The normalized spacial score (nSPS) is 12.0. The Bertz CT molecular complexity index is 629. The summed E-state index contributed by atoms with van der Waals surface area (Å²) in [5, 5.41) is 10.4. The second-order valence-electron chi connectivity index (χ2n) is 4.60. The number of hydrogen-bond acceptors (Lipinski definition) is 3. The minimum absolute atomic E-state index is 0.318. The van der Waals surface area contributed by atoms with Gasteiger partial charge in [-0.25, -0.2) is 0 Å². The highest BCUT2D eigenvalue weighted by Crippen LogP contribution is 2.31. The van der Waals surface area contributed by atoms with Crippen molar-refractivity contribution in [3.05, 3.63) is 57.0 Å². The average molecular weight is 372 g/mol. The Balaban J connectivity index is 2.22. The van der Waals surface area contributed by atoms with Gasteiger partial charge in [0.25, 0.3) is 0 Å². The second kappa shape index (κ2) is 7.16. The standard InChI is InChI=1S/C16H16BrClO3/c1-10(19)14-6-5-13(20-2)8-16(14)21-9-11-3-4-12(17)7-15(11)18/h3-8,10,19H,9H2,1-2H3/t10-/m1/s1. The topological polar surface area (TPSA) is 38.7 Å². The predicted molar refractivity (Wildman–Crippen MR) is 87.1 cm³/mol. The molecule has 5 heteroatoms. The predicted octanol–water partition coefficient (Wildman–Crippen LogP) is 4.74. The van der Waals surface area contributed by atoms with E-state index in [1.165, 1.54) is 0 Å². The zero-order valence-electron chi connectivity index (χ0n) is 11.8. The number of benzene rings is 2. The van der Waals surface area contributed by atoms with Crippen molar-refractivity contribution in [2.45, 2.75) is 19.6 Å². The Morgan fingerprint density at radius 2 is 2.00 bits per heavy atom. The van der Waals surface area contributed by atoms with E-state index in [1.54, 1.807) is 32.2 Å². The molecular formula is C16H16BrClO3. The summed E-state index contributed by atoms with van der Waals surface area (Å²) in [6, 6.07) is 11.0. The molecule has 0 aliphatic carbocycles. The Morgan fingerprint density at radius 1 is 1.24 bits per heavy atom. The Kier molecular flexibility index (Phi) is 5.51. The summed E-state index contributed by atoms with van der Waals surface area (Å²) in [5.41, 5.74) is 1.59. The fraction of sp³-hybridized carbons (Fsp3) is 0.250. The summed E-state index contributed by atoms with van der Waals surface area (Å²) in [7, 11) is 1.59. The molecule has 0 saturated carbocycles. The first-order chi connectivity index (χ1) is 10.0. The lowest BCUT2D eigenvalue weighted by Crippen LogP contribution is -2.02. The molecule has 112 valence electrons. The van der Waals surface area contributed by atoms with Gasteiger partial charge in [-0.05, 0) is 31.2 Å². The maximum atomic E-state index is 9.80. The van der Waals surface area contributed by atoms with Gasteiger partial charge in [0.2, 0.25) is 0 Å². The fourth-order valence-corrected chi connectivity index (χ4v) is 2.63. The van der Waals surface area contributed by atoms with E-state index in [0.717, 1.165) is 10.0 Å². The van der Waals surface area contributed by atoms with Gasteiger partial charge in [-0.15, -0.1) is 0 Å². The van der Waals surface area contributed by atoms with Crippen LogP contribution in [0.15, 0.2) is 40.9 Å². The molecule has 0 heterocycles. The van der Waals surface area contributed by atoms with Crippen molar-refractivity contribution >= 4 is 27.5 Å². The van der Waals surface area contributed by atoms with E-state index in [-0.39, 0.29) is 0 Å². The summed E-state index contributed by atoms with van der Waals surface area (Å²) in [4.78, 5) is 0. The van der Waals surface area contributed by atoms with Crippen LogP contribution in [0.5, 0.6) is 11.5 Å². The number of halogens is 2. The van der Waals surface area contributed by atoms with Gasteiger partial charge in [0, 0.05) is 26.7 Å². The van der Waals surface area contributed by atoms with Crippen molar-refractivity contribution in [3.63, 3.8) is 0 Å². The maximum absolute atomic E-state index is 9.80. The minimum Gasteiger partial charge on any atom is -0.497 e. The van der Waals surface area contributed by atoms with Crippen molar-refractivity contribution < 1.29 is 14.6 Å². The van der Waals surface area contributed by atoms with Crippen molar-refractivity contribution in [1.29, 1.82) is 0 Å². The van der Waals surface area contributed by atoms with E-state index >= 15 is 0 Å². The molecule has 0 radical (unpaired) electrons. The molecule has 0 amide bonds. The third-order valence-electron chi connectivity index (χ3n) is 3.07. The van der Waals surface area contributed by atoms with E-state index in [9.17, 15) is 5.11 Å². The zero-order chi connectivity index (χ0) is 15.4. The lowest BCUT2D eigenvalue weighted by molar-refractivity contribution is 0.190. The summed E-state index contributed by atoms with van der Waals surface area (Å²) < 4.78 is 11.9. The van der Waals surface area contributed by atoms with E-state index in [1.807, 2.05) is 18.2 Å². The molecule has 0 bridgehead atoms. The van der Waals surface area contributed by atoms with Crippen LogP contribution in [0.25, 0.3) is 0 Å². The third-order valence-corrected chi connectivity index (χ3v) is 3.91. The van der Waals surface area contributed by atoms with Crippen LogP contribution in [0.3, 0.4) is 0 Å². The molecule has 0 saturated heterocycles. The molecule has 3 nitrogen and oxygen atoms in total. The van der Waals surface area contributed by atoms with Gasteiger partial charge in [0.1, 0.15) is 18.1 Å². The lowest BCUT2D eigenvalue weighted by atomic mass is 10.1. The number of methoxy groups -OCH3 is 1. The molecule has 0 spiro atoms. The first-order valence-corrected chi connectivity index (χ1v) is 7.61. The van der Waals surface area contributed by atoms with Crippen LogP contribution in [0, 0.1) is 0 Å². The van der Waals surface area contributed by atoms with Crippen molar-refractivity contribution in [1.82, 2.24) is 0 Å². The maximum Gasteiger partial charge on any atom is 0.129 e. The lowest BCUT2D eigenvalue weighted by Gasteiger charge is -2.15. The quantitative estimate of drug-likeness (QED) is 0.825. The van der Waals surface area contributed by atoms with E-state index in [2.05, 4.69) is 15.9 Å². The largest absolute Gasteiger partial charge is 0.497 e. The first kappa shape index (κ1) is 16.1. The van der Waals surface area contributed by atoms with Gasteiger partial charge < -0.3 is 14.6 Å². The summed E-state index contributed by atoms with van der Waals surface area (Å²) in [5.74, 6) is 1.26. The van der Waals surface area contributed by atoms with Crippen molar-refractivity contribution in [2.75, 3.05) is 7.11 Å². The SMILES string of the molecule is COc1ccc([C@@H](C)O)c(OCc2ccc(Br)cc2Cl)c1. The molecule has 1 atom stereocenters. The summed E-state index contributed by atoms with van der Waals surface area (Å²) in [6.07, 6.45) is -0.619. The molecule has 0 unspecified atom stereocenters. The van der Waals surface area contributed by atoms with Crippen LogP contribution in [0.1, 0.15) is 24.2 Å². The van der Waals surface area contributed by atoms with Crippen LogP contribution in [0.4, 0.5) is 0 Å². The first-order valence-electron chi connectivity index (χ1n) is 6.44. The number of rotatable bonds is 5. The molecule has 2 rings (SSSR count). The highest BCUT2D eigenvalue weighted by atomic mass is 79.9. The average Bonchev–Trinajstić information content (AvgIpc) is 2.45. The van der Waals surface area contributed by atoms with Crippen LogP contribution >= 0.6 is 27.5 Å². The molecule has 2 aromatic rings. The van der Waals surface area contributed by atoms with Gasteiger partial charge in [-0.3, -0.25) is 0 Å². The van der Waals surface area contributed by atoms with E-state index in [4.69, 9.17) is 21.1 Å². The monoisotopic (exact) mass is 370 g/mol. The second-order valence-corrected chi connectivity index (χ2v) is 5.93. The van der Waals surface area contributed by atoms with Gasteiger partial charge in [-0.2, -0.15) is 0 Å². The Labute approximate surface area is 137 Å². The molecular weight excluding hydrogens is 356 g/mol. The smallest absolute Gasteiger partial charge is 0.129 e. The Morgan fingerprint density at radius 3 is 2.62 bits per heavy atom.